The van der Waals surface area contributed by atoms with Crippen LogP contribution in [0.4, 0.5) is 0 Å². The topological polar surface area (TPSA) is 117 Å². The summed E-state index contributed by atoms with van der Waals surface area (Å²) in [6, 6.07) is 8.49. The third kappa shape index (κ3) is 5.80. The lowest BCUT2D eigenvalue weighted by atomic mass is 10.1. The van der Waals surface area contributed by atoms with Gasteiger partial charge in [0, 0.05) is 26.2 Å². The number of carbonyl (C=O) groups excluding carboxylic acids is 2. The quantitative estimate of drug-likeness (QED) is 0.377. The molecule has 2 rings (SSSR count). The van der Waals surface area contributed by atoms with Gasteiger partial charge in [-0.3, -0.25) is 4.79 Å². The minimum atomic E-state index is -3.29. The first-order valence-corrected chi connectivity index (χ1v) is 10.3. The van der Waals surface area contributed by atoms with Gasteiger partial charge in [0.2, 0.25) is 10.0 Å². The van der Waals surface area contributed by atoms with Gasteiger partial charge in [0.25, 0.3) is 5.91 Å². The SMILES string of the molecule is COc1ccc(/C=C(\C#N)C(=O)OCC(=O)N2CCN(S(C)(=O)=O)CC2)cc1. The zero-order valence-electron chi connectivity index (χ0n) is 15.6. The summed E-state index contributed by atoms with van der Waals surface area (Å²) in [5.74, 6) is -0.704. The van der Waals surface area contributed by atoms with Crippen molar-refractivity contribution >= 4 is 28.0 Å². The second-order valence-electron chi connectivity index (χ2n) is 6.06. The third-order valence-corrected chi connectivity index (χ3v) is 5.46. The van der Waals surface area contributed by atoms with E-state index in [1.807, 2.05) is 0 Å². The molecule has 0 bridgehead atoms. The summed E-state index contributed by atoms with van der Waals surface area (Å²) in [7, 11) is -1.76. The van der Waals surface area contributed by atoms with E-state index in [4.69, 9.17) is 9.47 Å². The lowest BCUT2D eigenvalue weighted by molar-refractivity contribution is -0.149. The van der Waals surface area contributed by atoms with Crippen molar-refractivity contribution in [1.29, 1.82) is 5.26 Å². The lowest BCUT2D eigenvalue weighted by Crippen LogP contribution is -2.51. The third-order valence-electron chi connectivity index (χ3n) is 4.15. The predicted molar refractivity (Wildman–Crippen MR) is 101 cm³/mol. The van der Waals surface area contributed by atoms with E-state index >= 15 is 0 Å². The molecule has 1 amide bonds. The van der Waals surface area contributed by atoms with E-state index in [0.717, 1.165) is 6.26 Å². The molecule has 1 aliphatic heterocycles. The van der Waals surface area contributed by atoms with E-state index in [1.165, 1.54) is 22.4 Å². The molecule has 0 aromatic heterocycles. The number of benzene rings is 1. The second kappa shape index (κ2) is 9.34. The number of piperazine rings is 1. The minimum absolute atomic E-state index is 0.194. The Hall–Kier alpha value is -2.90. The second-order valence-corrected chi connectivity index (χ2v) is 8.04. The molecule has 0 saturated carbocycles. The van der Waals surface area contributed by atoms with Crippen LogP contribution in [0.25, 0.3) is 6.08 Å². The van der Waals surface area contributed by atoms with Crippen LogP contribution in [0.1, 0.15) is 5.56 Å². The number of nitriles is 1. The molecular formula is C18H21N3O6S. The largest absolute Gasteiger partial charge is 0.497 e. The molecule has 28 heavy (non-hydrogen) atoms. The number of hydrogen-bond acceptors (Lipinski definition) is 7. The van der Waals surface area contributed by atoms with Crippen molar-refractivity contribution in [2.24, 2.45) is 0 Å². The Morgan fingerprint density at radius 2 is 1.79 bits per heavy atom. The van der Waals surface area contributed by atoms with Crippen LogP contribution in [-0.4, -0.2) is 75.7 Å². The Balaban J connectivity index is 1.90. The molecule has 1 aromatic rings. The van der Waals surface area contributed by atoms with Crippen LogP contribution in [0, 0.1) is 11.3 Å². The molecule has 1 saturated heterocycles. The smallest absolute Gasteiger partial charge is 0.349 e. The Kier molecular flexibility index (Phi) is 7.14. The molecule has 0 atom stereocenters. The molecule has 150 valence electrons. The molecule has 1 fully saturated rings. The zero-order chi connectivity index (χ0) is 20.7. The maximum Gasteiger partial charge on any atom is 0.349 e. The van der Waals surface area contributed by atoms with E-state index in [0.29, 0.717) is 11.3 Å². The first-order chi connectivity index (χ1) is 13.2. The number of esters is 1. The Morgan fingerprint density at radius 1 is 1.18 bits per heavy atom. The molecule has 0 radical (unpaired) electrons. The van der Waals surface area contributed by atoms with Crippen LogP contribution < -0.4 is 4.74 Å². The molecule has 1 aromatic carbocycles. The Morgan fingerprint density at radius 3 is 2.29 bits per heavy atom. The van der Waals surface area contributed by atoms with Crippen LogP contribution in [0.5, 0.6) is 5.75 Å². The van der Waals surface area contributed by atoms with Gasteiger partial charge < -0.3 is 14.4 Å². The van der Waals surface area contributed by atoms with Crippen molar-refractivity contribution in [2.75, 3.05) is 46.2 Å². The summed E-state index contributed by atoms with van der Waals surface area (Å²) in [5, 5.41) is 9.18. The molecule has 0 N–H and O–H groups in total. The number of carbonyl (C=O) groups is 2. The first kappa shape index (κ1) is 21.4. The van der Waals surface area contributed by atoms with Crippen LogP contribution in [0.2, 0.25) is 0 Å². The number of methoxy groups -OCH3 is 1. The average molecular weight is 407 g/mol. The van der Waals surface area contributed by atoms with Crippen LogP contribution in [-0.2, 0) is 24.3 Å². The highest BCUT2D eigenvalue weighted by atomic mass is 32.2. The first-order valence-electron chi connectivity index (χ1n) is 8.40. The minimum Gasteiger partial charge on any atom is -0.497 e. The summed E-state index contributed by atoms with van der Waals surface area (Å²) in [5.41, 5.74) is 0.373. The number of ether oxygens (including phenoxy) is 2. The standard InChI is InChI=1S/C18H21N3O6S/c1-26-16-5-3-14(4-6-16)11-15(12-19)18(23)27-13-17(22)20-7-9-21(10-8-20)28(2,24)25/h3-6,11H,7-10,13H2,1-2H3/b15-11+. The molecule has 0 spiro atoms. The summed E-state index contributed by atoms with van der Waals surface area (Å²) in [4.78, 5) is 25.7. The van der Waals surface area contributed by atoms with Crippen molar-refractivity contribution in [3.63, 3.8) is 0 Å². The van der Waals surface area contributed by atoms with Crippen LogP contribution >= 0.6 is 0 Å². The number of sulfonamides is 1. The molecule has 10 heteroatoms. The van der Waals surface area contributed by atoms with E-state index in [-0.39, 0.29) is 31.8 Å². The van der Waals surface area contributed by atoms with E-state index < -0.39 is 28.5 Å². The highest BCUT2D eigenvalue weighted by Gasteiger charge is 2.26. The number of nitrogens with zero attached hydrogens (tertiary/aromatic N) is 3. The summed E-state index contributed by atoms with van der Waals surface area (Å²) in [6.07, 6.45) is 2.47. The maximum atomic E-state index is 12.2. The van der Waals surface area contributed by atoms with Gasteiger partial charge in [-0.1, -0.05) is 12.1 Å². The summed E-state index contributed by atoms with van der Waals surface area (Å²) < 4.78 is 34.2. The zero-order valence-corrected chi connectivity index (χ0v) is 16.4. The molecular weight excluding hydrogens is 386 g/mol. The van der Waals surface area contributed by atoms with Gasteiger partial charge >= 0.3 is 5.97 Å². The Bertz CT molecular complexity index is 894. The highest BCUT2D eigenvalue weighted by Crippen LogP contribution is 2.14. The van der Waals surface area contributed by atoms with Gasteiger partial charge in [-0.15, -0.1) is 0 Å². The van der Waals surface area contributed by atoms with Gasteiger partial charge in [0.1, 0.15) is 17.4 Å². The van der Waals surface area contributed by atoms with E-state index in [2.05, 4.69) is 0 Å². The van der Waals surface area contributed by atoms with Crippen molar-refractivity contribution < 1.29 is 27.5 Å². The Labute approximate surface area is 163 Å². The number of amides is 1. The number of hydrogen-bond donors (Lipinski definition) is 0. The van der Waals surface area contributed by atoms with Crippen molar-refractivity contribution in [2.45, 2.75) is 0 Å². The fourth-order valence-corrected chi connectivity index (χ4v) is 3.40. The van der Waals surface area contributed by atoms with Gasteiger partial charge in [0.05, 0.1) is 13.4 Å². The highest BCUT2D eigenvalue weighted by molar-refractivity contribution is 7.88. The van der Waals surface area contributed by atoms with Crippen molar-refractivity contribution in [3.05, 3.63) is 35.4 Å². The van der Waals surface area contributed by atoms with Crippen LogP contribution in [0.3, 0.4) is 0 Å². The maximum absolute atomic E-state index is 12.2. The van der Waals surface area contributed by atoms with Gasteiger partial charge in [-0.05, 0) is 23.8 Å². The van der Waals surface area contributed by atoms with Crippen molar-refractivity contribution in [3.8, 4) is 11.8 Å². The monoisotopic (exact) mass is 407 g/mol. The summed E-state index contributed by atoms with van der Waals surface area (Å²) in [6.45, 7) is 0.310. The van der Waals surface area contributed by atoms with E-state index in [1.54, 1.807) is 30.3 Å². The van der Waals surface area contributed by atoms with Gasteiger partial charge in [-0.25, -0.2) is 13.2 Å². The van der Waals surface area contributed by atoms with Gasteiger partial charge in [-0.2, -0.15) is 9.57 Å². The molecule has 1 heterocycles. The average Bonchev–Trinajstić information content (AvgIpc) is 2.69. The fourth-order valence-electron chi connectivity index (χ4n) is 2.57. The lowest BCUT2D eigenvalue weighted by Gasteiger charge is -2.33. The van der Waals surface area contributed by atoms with Gasteiger partial charge in [0.15, 0.2) is 6.61 Å². The molecule has 1 aliphatic rings. The van der Waals surface area contributed by atoms with E-state index in [9.17, 15) is 23.3 Å². The predicted octanol–water partition coefficient (Wildman–Crippen LogP) is 0.249. The molecule has 0 aliphatic carbocycles. The normalized spacial score (nSPS) is 15.6. The van der Waals surface area contributed by atoms with Crippen molar-refractivity contribution in [1.82, 2.24) is 9.21 Å². The number of rotatable bonds is 6. The molecule has 9 nitrogen and oxygen atoms in total. The fraction of sp³-hybridized carbons (Fsp3) is 0.389. The van der Waals surface area contributed by atoms with Crippen LogP contribution in [0.15, 0.2) is 29.8 Å². The summed E-state index contributed by atoms with van der Waals surface area (Å²) >= 11 is 0. The molecule has 0 unspecified atom stereocenters.